The predicted molar refractivity (Wildman–Crippen MR) is 62.5 cm³/mol. The molecule has 1 rings (SSSR count). The van der Waals surface area contributed by atoms with Gasteiger partial charge in [-0.1, -0.05) is 11.6 Å². The summed E-state index contributed by atoms with van der Waals surface area (Å²) in [6.45, 7) is 3.08. The molecule has 0 unspecified atom stereocenters. The summed E-state index contributed by atoms with van der Waals surface area (Å²) < 4.78 is 0. The first-order chi connectivity index (χ1) is 7.69. The van der Waals surface area contributed by atoms with E-state index >= 15 is 0 Å². The Bertz CT molecular complexity index is 358. The molecule has 0 bridgehead atoms. The van der Waals surface area contributed by atoms with E-state index in [1.807, 2.05) is 6.92 Å². The Balaban J connectivity index is 2.74. The maximum atomic E-state index is 12.0. The van der Waals surface area contributed by atoms with Gasteiger partial charge in [0.25, 0.3) is 5.91 Å². The third kappa shape index (κ3) is 3.47. The van der Waals surface area contributed by atoms with Gasteiger partial charge in [-0.15, -0.1) is 0 Å². The van der Waals surface area contributed by atoms with Crippen molar-refractivity contribution in [1.29, 1.82) is 0 Å². The Kier molecular flexibility index (Phi) is 5.22. The molecule has 0 saturated heterocycles. The van der Waals surface area contributed by atoms with Gasteiger partial charge in [0.15, 0.2) is 0 Å². The number of amides is 1. The SMILES string of the molecule is CCN(CCCO)C(=O)c1cc(Cl)ccn1. The van der Waals surface area contributed by atoms with Gasteiger partial charge in [0, 0.05) is 30.9 Å². The molecule has 0 aliphatic rings. The first-order valence-electron chi connectivity index (χ1n) is 5.20. The zero-order valence-electron chi connectivity index (χ0n) is 9.19. The minimum absolute atomic E-state index is 0.0761. The highest BCUT2D eigenvalue weighted by Crippen LogP contribution is 2.10. The third-order valence-electron chi connectivity index (χ3n) is 2.20. The lowest BCUT2D eigenvalue weighted by Crippen LogP contribution is -2.32. The van der Waals surface area contributed by atoms with Gasteiger partial charge in [0.1, 0.15) is 5.69 Å². The van der Waals surface area contributed by atoms with Crippen LogP contribution in [0.5, 0.6) is 0 Å². The molecule has 1 N–H and O–H groups in total. The molecule has 0 aliphatic carbocycles. The van der Waals surface area contributed by atoms with Gasteiger partial charge in [-0.25, -0.2) is 0 Å². The van der Waals surface area contributed by atoms with Crippen LogP contribution in [-0.4, -0.2) is 40.6 Å². The first kappa shape index (κ1) is 12.9. The van der Waals surface area contributed by atoms with Crippen molar-refractivity contribution in [3.8, 4) is 0 Å². The zero-order valence-corrected chi connectivity index (χ0v) is 9.94. The summed E-state index contributed by atoms with van der Waals surface area (Å²) in [5.74, 6) is -0.154. The van der Waals surface area contributed by atoms with E-state index in [1.54, 1.807) is 17.0 Å². The molecule has 16 heavy (non-hydrogen) atoms. The fourth-order valence-corrected chi connectivity index (χ4v) is 1.51. The molecule has 0 fully saturated rings. The van der Waals surface area contributed by atoms with E-state index in [0.29, 0.717) is 30.2 Å². The summed E-state index contributed by atoms with van der Waals surface area (Å²) in [6, 6.07) is 3.17. The Labute approximate surface area is 99.9 Å². The van der Waals surface area contributed by atoms with Crippen LogP contribution in [0.2, 0.25) is 5.02 Å². The van der Waals surface area contributed by atoms with Gasteiger partial charge >= 0.3 is 0 Å². The number of carbonyl (C=O) groups excluding carboxylic acids is 1. The Morgan fingerprint density at radius 1 is 1.62 bits per heavy atom. The number of nitrogens with zero attached hydrogens (tertiary/aromatic N) is 2. The predicted octanol–water partition coefficient (Wildman–Crippen LogP) is 1.58. The number of hydrogen-bond acceptors (Lipinski definition) is 3. The number of aliphatic hydroxyl groups is 1. The molecule has 1 heterocycles. The molecule has 0 atom stereocenters. The smallest absolute Gasteiger partial charge is 0.272 e. The van der Waals surface area contributed by atoms with E-state index < -0.39 is 0 Å². The number of hydrogen-bond donors (Lipinski definition) is 1. The van der Waals surface area contributed by atoms with Crippen LogP contribution in [0.1, 0.15) is 23.8 Å². The highest BCUT2D eigenvalue weighted by Gasteiger charge is 2.14. The minimum atomic E-state index is -0.154. The largest absolute Gasteiger partial charge is 0.396 e. The normalized spacial score (nSPS) is 10.2. The molecule has 5 heteroatoms. The van der Waals surface area contributed by atoms with Crippen molar-refractivity contribution in [3.05, 3.63) is 29.0 Å². The Morgan fingerprint density at radius 3 is 2.94 bits per heavy atom. The first-order valence-corrected chi connectivity index (χ1v) is 5.58. The van der Waals surface area contributed by atoms with Crippen molar-refractivity contribution in [2.24, 2.45) is 0 Å². The summed E-state index contributed by atoms with van der Waals surface area (Å²) in [6.07, 6.45) is 2.08. The van der Waals surface area contributed by atoms with Gasteiger partial charge < -0.3 is 10.0 Å². The summed E-state index contributed by atoms with van der Waals surface area (Å²) in [7, 11) is 0. The molecule has 0 saturated carbocycles. The maximum Gasteiger partial charge on any atom is 0.272 e. The monoisotopic (exact) mass is 242 g/mol. The molecule has 0 spiro atoms. The van der Waals surface area contributed by atoms with Crippen LogP contribution in [0, 0.1) is 0 Å². The summed E-state index contributed by atoms with van der Waals surface area (Å²) in [5.41, 5.74) is 0.340. The number of carbonyl (C=O) groups is 1. The highest BCUT2D eigenvalue weighted by molar-refractivity contribution is 6.30. The van der Waals surface area contributed by atoms with Crippen molar-refractivity contribution >= 4 is 17.5 Å². The molecule has 1 aromatic rings. The molecule has 1 amide bonds. The van der Waals surface area contributed by atoms with Crippen molar-refractivity contribution in [1.82, 2.24) is 9.88 Å². The molecule has 0 aromatic carbocycles. The zero-order chi connectivity index (χ0) is 12.0. The topological polar surface area (TPSA) is 53.4 Å². The van der Waals surface area contributed by atoms with Crippen LogP contribution in [0.25, 0.3) is 0 Å². The van der Waals surface area contributed by atoms with E-state index in [2.05, 4.69) is 4.98 Å². The number of aromatic nitrogens is 1. The number of halogens is 1. The Hall–Kier alpha value is -1.13. The molecular formula is C11H15ClN2O2. The van der Waals surface area contributed by atoms with E-state index in [4.69, 9.17) is 16.7 Å². The second-order valence-corrected chi connectivity index (χ2v) is 3.76. The third-order valence-corrected chi connectivity index (χ3v) is 2.43. The average Bonchev–Trinajstić information content (AvgIpc) is 2.29. The molecular weight excluding hydrogens is 228 g/mol. The van der Waals surface area contributed by atoms with Crippen molar-refractivity contribution < 1.29 is 9.90 Å². The lowest BCUT2D eigenvalue weighted by molar-refractivity contribution is 0.0748. The van der Waals surface area contributed by atoms with Gasteiger partial charge in [-0.2, -0.15) is 0 Å². The lowest BCUT2D eigenvalue weighted by atomic mass is 10.3. The second kappa shape index (κ2) is 6.45. The molecule has 0 radical (unpaired) electrons. The van der Waals surface area contributed by atoms with Crippen LogP contribution in [-0.2, 0) is 0 Å². The molecule has 4 nitrogen and oxygen atoms in total. The summed E-state index contributed by atoms with van der Waals surface area (Å²) in [5, 5.41) is 9.23. The minimum Gasteiger partial charge on any atom is -0.396 e. The Morgan fingerprint density at radius 2 is 2.38 bits per heavy atom. The highest BCUT2D eigenvalue weighted by atomic mass is 35.5. The summed E-state index contributed by atoms with van der Waals surface area (Å²) in [4.78, 5) is 17.6. The fraction of sp³-hybridized carbons (Fsp3) is 0.455. The van der Waals surface area contributed by atoms with E-state index in [0.717, 1.165) is 0 Å². The summed E-state index contributed by atoms with van der Waals surface area (Å²) >= 11 is 5.79. The van der Waals surface area contributed by atoms with Crippen molar-refractivity contribution in [2.45, 2.75) is 13.3 Å². The average molecular weight is 243 g/mol. The van der Waals surface area contributed by atoms with Crippen LogP contribution in [0.15, 0.2) is 18.3 Å². The second-order valence-electron chi connectivity index (χ2n) is 3.32. The van der Waals surface area contributed by atoms with Crippen molar-refractivity contribution in [2.75, 3.05) is 19.7 Å². The van der Waals surface area contributed by atoms with Gasteiger partial charge in [0.2, 0.25) is 0 Å². The maximum absolute atomic E-state index is 12.0. The van der Waals surface area contributed by atoms with Crippen LogP contribution < -0.4 is 0 Å². The number of aliphatic hydroxyl groups excluding tert-OH is 1. The quantitative estimate of drug-likeness (QED) is 0.853. The number of pyridine rings is 1. The van der Waals surface area contributed by atoms with Crippen molar-refractivity contribution in [3.63, 3.8) is 0 Å². The van der Waals surface area contributed by atoms with E-state index in [-0.39, 0.29) is 12.5 Å². The molecule has 0 aliphatic heterocycles. The van der Waals surface area contributed by atoms with Crippen LogP contribution >= 0.6 is 11.6 Å². The standard InChI is InChI=1S/C11H15ClN2O2/c1-2-14(6-3-7-15)11(16)10-8-9(12)4-5-13-10/h4-5,8,15H,2-3,6-7H2,1H3. The van der Waals surface area contributed by atoms with Gasteiger partial charge in [-0.3, -0.25) is 9.78 Å². The van der Waals surface area contributed by atoms with Crippen LogP contribution in [0.3, 0.4) is 0 Å². The molecule has 1 aromatic heterocycles. The van der Waals surface area contributed by atoms with Gasteiger partial charge in [-0.05, 0) is 25.5 Å². The molecule has 88 valence electrons. The van der Waals surface area contributed by atoms with Crippen LogP contribution in [0.4, 0.5) is 0 Å². The van der Waals surface area contributed by atoms with Gasteiger partial charge in [0.05, 0.1) is 0 Å². The number of rotatable bonds is 5. The fourth-order valence-electron chi connectivity index (χ4n) is 1.35. The lowest BCUT2D eigenvalue weighted by Gasteiger charge is -2.19. The van der Waals surface area contributed by atoms with E-state index in [9.17, 15) is 4.79 Å². The van der Waals surface area contributed by atoms with E-state index in [1.165, 1.54) is 6.20 Å².